The highest BCUT2D eigenvalue weighted by Crippen LogP contribution is 2.39. The Morgan fingerprint density at radius 3 is 2.54 bits per heavy atom. The van der Waals surface area contributed by atoms with Gasteiger partial charge in [-0.25, -0.2) is 8.78 Å². The first-order valence-corrected chi connectivity index (χ1v) is 8.85. The third-order valence-electron chi connectivity index (χ3n) is 5.76. The fourth-order valence-electron chi connectivity index (χ4n) is 4.44. The molecule has 0 saturated carbocycles. The Labute approximate surface area is 148 Å². The smallest absolute Gasteiger partial charge is 0.249 e. The summed E-state index contributed by atoms with van der Waals surface area (Å²) in [4.78, 5) is 25.3. The molecular weight excluding hydrogens is 342 g/mol. The molecule has 3 atom stereocenters. The van der Waals surface area contributed by atoms with Crippen molar-refractivity contribution in [3.8, 4) is 0 Å². The average Bonchev–Trinajstić information content (AvgIpc) is 3.04. The Kier molecular flexibility index (Phi) is 3.34. The van der Waals surface area contributed by atoms with Crippen LogP contribution in [0.4, 0.5) is 14.5 Å². The van der Waals surface area contributed by atoms with Gasteiger partial charge in [0.1, 0.15) is 6.04 Å². The van der Waals surface area contributed by atoms with Crippen LogP contribution in [0, 0.1) is 11.6 Å². The molecule has 3 saturated heterocycles. The van der Waals surface area contributed by atoms with Gasteiger partial charge in [0.15, 0.2) is 11.6 Å². The molecule has 8 heteroatoms. The van der Waals surface area contributed by atoms with Crippen LogP contribution in [-0.2, 0) is 9.59 Å². The van der Waals surface area contributed by atoms with E-state index in [0.29, 0.717) is 17.5 Å². The third-order valence-corrected chi connectivity index (χ3v) is 5.76. The van der Waals surface area contributed by atoms with Crippen LogP contribution in [-0.4, -0.2) is 41.6 Å². The summed E-state index contributed by atoms with van der Waals surface area (Å²) >= 11 is 0. The number of amides is 2. The molecule has 6 nitrogen and oxygen atoms in total. The molecule has 1 aromatic heterocycles. The van der Waals surface area contributed by atoms with Gasteiger partial charge in [-0.3, -0.25) is 14.9 Å². The lowest BCUT2D eigenvalue weighted by Crippen LogP contribution is -2.68. The molecule has 2 N–H and O–H groups in total. The Balaban J connectivity index is 1.55. The SMILES string of the molecule is O=C1CCC(n2cc3cc(N4C5CNCC4C5)c(F)c(F)c3c2)C(=O)N1. The first-order valence-electron chi connectivity index (χ1n) is 8.85. The topological polar surface area (TPSA) is 66.4 Å². The van der Waals surface area contributed by atoms with Crippen LogP contribution in [0.25, 0.3) is 10.8 Å². The molecule has 0 radical (unpaired) electrons. The van der Waals surface area contributed by atoms with Crippen molar-refractivity contribution >= 4 is 28.3 Å². The van der Waals surface area contributed by atoms with E-state index < -0.39 is 23.6 Å². The standard InChI is InChI=1S/C18H18F2N4O2/c19-16-12-8-23(13-1-2-15(25)22-18(13)26)7-9(12)3-14(17(16)20)24-10-4-11(24)6-21-5-10/h3,7-8,10-11,13,21H,1-2,4-6H2,(H,22,25,26). The number of aromatic nitrogens is 1. The van der Waals surface area contributed by atoms with Gasteiger partial charge in [0.25, 0.3) is 0 Å². The molecule has 136 valence electrons. The maximum Gasteiger partial charge on any atom is 0.249 e. The maximum atomic E-state index is 14.7. The quantitative estimate of drug-likeness (QED) is 0.796. The van der Waals surface area contributed by atoms with Gasteiger partial charge in [-0.1, -0.05) is 0 Å². The van der Waals surface area contributed by atoms with Gasteiger partial charge >= 0.3 is 0 Å². The number of nitrogens with zero attached hydrogens (tertiary/aromatic N) is 2. The van der Waals surface area contributed by atoms with Gasteiger partial charge in [0.05, 0.1) is 5.69 Å². The van der Waals surface area contributed by atoms with Crippen LogP contribution < -0.4 is 15.5 Å². The van der Waals surface area contributed by atoms with E-state index in [1.54, 1.807) is 16.8 Å². The highest BCUT2D eigenvalue weighted by molar-refractivity contribution is 6.00. The molecule has 0 spiro atoms. The van der Waals surface area contributed by atoms with E-state index in [4.69, 9.17) is 0 Å². The molecule has 2 amide bonds. The monoisotopic (exact) mass is 360 g/mol. The number of carbonyl (C=O) groups is 2. The van der Waals surface area contributed by atoms with Crippen LogP contribution in [0.1, 0.15) is 25.3 Å². The van der Waals surface area contributed by atoms with Gasteiger partial charge in [0.2, 0.25) is 11.8 Å². The van der Waals surface area contributed by atoms with Crippen LogP contribution >= 0.6 is 0 Å². The predicted octanol–water partition coefficient (Wildman–Crippen LogP) is 1.45. The normalized spacial score (nSPS) is 28.2. The number of fused-ring (bicyclic) bond motifs is 3. The Bertz CT molecular complexity index is 927. The fraction of sp³-hybridized carbons (Fsp3) is 0.444. The van der Waals surface area contributed by atoms with Crippen molar-refractivity contribution in [3.63, 3.8) is 0 Å². The van der Waals surface area contributed by atoms with Crippen molar-refractivity contribution in [1.29, 1.82) is 0 Å². The third kappa shape index (κ3) is 2.18. The zero-order valence-electron chi connectivity index (χ0n) is 14.0. The van der Waals surface area contributed by atoms with E-state index in [1.807, 2.05) is 4.90 Å². The molecule has 0 aliphatic carbocycles. The van der Waals surface area contributed by atoms with Gasteiger partial charge in [0, 0.05) is 54.8 Å². The lowest BCUT2D eigenvalue weighted by Gasteiger charge is -2.54. The summed E-state index contributed by atoms with van der Waals surface area (Å²) in [6.07, 6.45) is 4.69. The van der Waals surface area contributed by atoms with Crippen LogP contribution in [0.15, 0.2) is 18.5 Å². The molecule has 3 aliphatic rings. The number of anilines is 1. The van der Waals surface area contributed by atoms with Crippen LogP contribution in [0.2, 0.25) is 0 Å². The summed E-state index contributed by atoms with van der Waals surface area (Å²) in [5, 5.41) is 6.28. The zero-order chi connectivity index (χ0) is 18.0. The van der Waals surface area contributed by atoms with Gasteiger partial charge in [-0.15, -0.1) is 0 Å². The highest BCUT2D eigenvalue weighted by atomic mass is 19.2. The number of piperazine rings is 1. The zero-order valence-corrected chi connectivity index (χ0v) is 14.0. The number of nitrogens with one attached hydrogen (secondary N) is 2. The minimum Gasteiger partial charge on any atom is -0.360 e. The first kappa shape index (κ1) is 15.7. The minimum absolute atomic E-state index is 0.153. The minimum atomic E-state index is -0.888. The predicted molar refractivity (Wildman–Crippen MR) is 90.8 cm³/mol. The van der Waals surface area contributed by atoms with Crippen molar-refractivity contribution in [1.82, 2.24) is 15.2 Å². The van der Waals surface area contributed by atoms with E-state index in [9.17, 15) is 18.4 Å². The summed E-state index contributed by atoms with van der Waals surface area (Å²) < 4.78 is 31.0. The van der Waals surface area contributed by atoms with E-state index in [-0.39, 0.29) is 29.8 Å². The number of hydrogen-bond acceptors (Lipinski definition) is 4. The average molecular weight is 360 g/mol. The molecule has 2 bridgehead atoms. The molecule has 1 aromatic carbocycles. The van der Waals surface area contributed by atoms with E-state index >= 15 is 0 Å². The van der Waals surface area contributed by atoms with Crippen LogP contribution in [0.3, 0.4) is 0 Å². The van der Waals surface area contributed by atoms with E-state index in [2.05, 4.69) is 10.6 Å². The number of piperidine rings is 2. The second-order valence-corrected chi connectivity index (χ2v) is 7.31. The van der Waals surface area contributed by atoms with Gasteiger partial charge < -0.3 is 14.8 Å². The number of carbonyl (C=O) groups excluding carboxylic acids is 2. The molecule has 5 rings (SSSR count). The first-order chi connectivity index (χ1) is 12.5. The summed E-state index contributed by atoms with van der Waals surface area (Å²) in [6.45, 7) is 1.54. The number of rotatable bonds is 2. The Hall–Kier alpha value is -2.48. The number of benzene rings is 1. The number of halogens is 2. The summed E-state index contributed by atoms with van der Waals surface area (Å²) in [5.74, 6) is -2.44. The molecule has 3 fully saturated rings. The van der Waals surface area contributed by atoms with Crippen LogP contribution in [0.5, 0.6) is 0 Å². The molecule has 3 aliphatic heterocycles. The highest BCUT2D eigenvalue weighted by Gasteiger charge is 2.43. The summed E-state index contributed by atoms with van der Waals surface area (Å²) in [7, 11) is 0. The largest absolute Gasteiger partial charge is 0.360 e. The van der Waals surface area contributed by atoms with Crippen molar-refractivity contribution in [2.45, 2.75) is 37.4 Å². The lowest BCUT2D eigenvalue weighted by atomic mass is 9.87. The maximum absolute atomic E-state index is 14.7. The lowest BCUT2D eigenvalue weighted by molar-refractivity contribution is -0.135. The van der Waals surface area contributed by atoms with Crippen molar-refractivity contribution in [3.05, 3.63) is 30.1 Å². The van der Waals surface area contributed by atoms with Gasteiger partial charge in [-0.05, 0) is 18.9 Å². The molecular formula is C18H18F2N4O2. The summed E-state index contributed by atoms with van der Waals surface area (Å²) in [5.41, 5.74) is 0.291. The Morgan fingerprint density at radius 2 is 1.85 bits per heavy atom. The van der Waals surface area contributed by atoms with Crippen molar-refractivity contribution in [2.75, 3.05) is 18.0 Å². The number of hydrogen-bond donors (Lipinski definition) is 2. The second kappa shape index (κ2) is 5.51. The molecule has 4 heterocycles. The second-order valence-electron chi connectivity index (χ2n) is 7.31. The van der Waals surface area contributed by atoms with E-state index in [1.165, 1.54) is 6.20 Å². The molecule has 2 aromatic rings. The number of imide groups is 1. The molecule has 3 unspecified atom stereocenters. The van der Waals surface area contributed by atoms with Crippen molar-refractivity contribution < 1.29 is 18.4 Å². The van der Waals surface area contributed by atoms with Crippen molar-refractivity contribution in [2.24, 2.45) is 0 Å². The summed E-state index contributed by atoms with van der Waals surface area (Å²) in [6, 6.07) is 1.47. The Morgan fingerprint density at radius 1 is 1.08 bits per heavy atom. The van der Waals surface area contributed by atoms with E-state index in [0.717, 1.165) is 19.5 Å². The fourth-order valence-corrected chi connectivity index (χ4v) is 4.44. The molecule has 26 heavy (non-hydrogen) atoms. The van der Waals surface area contributed by atoms with Gasteiger partial charge in [-0.2, -0.15) is 0 Å².